The summed E-state index contributed by atoms with van der Waals surface area (Å²) >= 11 is 0. The summed E-state index contributed by atoms with van der Waals surface area (Å²) in [4.78, 5) is 2.16. The van der Waals surface area contributed by atoms with E-state index in [9.17, 15) is 0 Å². The molecule has 1 heteroatoms. The molecule has 0 spiro atoms. The molecule has 0 saturated heterocycles. The van der Waals surface area contributed by atoms with E-state index in [0.29, 0.717) is 0 Å². The van der Waals surface area contributed by atoms with Gasteiger partial charge in [0.15, 0.2) is 0 Å². The highest BCUT2D eigenvalue weighted by molar-refractivity contribution is 5.16. The molecule has 0 N–H and O–H groups in total. The maximum Gasteiger partial charge on any atom is 0.0276 e. The Bertz CT molecular complexity index is 171. The molecule has 0 saturated carbocycles. The first-order chi connectivity index (χ1) is 5.29. The molecule has 11 heavy (non-hydrogen) atoms. The summed E-state index contributed by atoms with van der Waals surface area (Å²) < 4.78 is 0. The molecule has 1 radical (unpaired) electrons. The van der Waals surface area contributed by atoms with E-state index in [1.54, 1.807) is 0 Å². The molecular formula is C10H14N. The zero-order valence-corrected chi connectivity index (χ0v) is 7.12. The lowest BCUT2D eigenvalue weighted by atomic mass is 10.2. The predicted molar refractivity (Wildman–Crippen MR) is 48.7 cm³/mol. The second-order valence-corrected chi connectivity index (χ2v) is 2.95. The Hall–Kier alpha value is -0.980. The molecule has 0 aromatic carbocycles. The van der Waals surface area contributed by atoms with Gasteiger partial charge in [-0.1, -0.05) is 26.0 Å². The van der Waals surface area contributed by atoms with Crippen LogP contribution < -0.4 is 0 Å². The summed E-state index contributed by atoms with van der Waals surface area (Å²) in [7, 11) is 0. The minimum atomic E-state index is 1.01. The highest BCUT2D eigenvalue weighted by Crippen LogP contribution is 2.04. The molecule has 0 fully saturated rings. The Labute approximate surface area is 68.7 Å². The largest absolute Gasteiger partial charge is 0.354 e. The maximum atomic E-state index is 2.16. The first kappa shape index (κ1) is 8.12. The highest BCUT2D eigenvalue weighted by atomic mass is 15.1. The molecule has 1 aliphatic heterocycles. The van der Waals surface area contributed by atoms with Crippen molar-refractivity contribution in [3.8, 4) is 0 Å². The quantitative estimate of drug-likeness (QED) is 0.581. The minimum absolute atomic E-state index is 1.01. The van der Waals surface area contributed by atoms with Crippen LogP contribution in [0.4, 0.5) is 0 Å². The van der Waals surface area contributed by atoms with Gasteiger partial charge in [0.1, 0.15) is 0 Å². The number of rotatable bonds is 2. The zero-order valence-electron chi connectivity index (χ0n) is 7.12. The summed E-state index contributed by atoms with van der Waals surface area (Å²) in [6.07, 6.45) is 12.3. The normalized spacial score (nSPS) is 16.1. The van der Waals surface area contributed by atoms with Gasteiger partial charge >= 0.3 is 0 Å². The summed E-state index contributed by atoms with van der Waals surface area (Å²) in [6.45, 7) is 5.29. The van der Waals surface area contributed by atoms with Gasteiger partial charge in [-0.2, -0.15) is 0 Å². The first-order valence-electron chi connectivity index (χ1n) is 3.85. The van der Waals surface area contributed by atoms with Gasteiger partial charge in [-0.25, -0.2) is 0 Å². The van der Waals surface area contributed by atoms with Crippen molar-refractivity contribution >= 4 is 0 Å². The van der Waals surface area contributed by atoms with Crippen molar-refractivity contribution < 1.29 is 0 Å². The number of nitrogens with zero attached hydrogens (tertiary/aromatic N) is 1. The Morgan fingerprint density at radius 3 is 2.00 bits per heavy atom. The van der Waals surface area contributed by atoms with Crippen molar-refractivity contribution in [1.29, 1.82) is 0 Å². The monoisotopic (exact) mass is 148 g/mol. The molecule has 0 bridgehead atoms. The van der Waals surface area contributed by atoms with Gasteiger partial charge in [0.2, 0.25) is 0 Å². The van der Waals surface area contributed by atoms with E-state index in [0.717, 1.165) is 6.54 Å². The molecule has 1 heterocycles. The zero-order chi connectivity index (χ0) is 8.10. The van der Waals surface area contributed by atoms with Crippen LogP contribution in [0, 0.1) is 5.92 Å². The van der Waals surface area contributed by atoms with Gasteiger partial charge in [0.25, 0.3) is 0 Å². The van der Waals surface area contributed by atoms with Gasteiger partial charge in [0.05, 0.1) is 0 Å². The topological polar surface area (TPSA) is 3.24 Å². The summed E-state index contributed by atoms with van der Waals surface area (Å²) in [6, 6.07) is 0. The molecule has 0 aliphatic carbocycles. The number of hydrogen-bond acceptors (Lipinski definition) is 1. The lowest BCUT2D eigenvalue weighted by Crippen LogP contribution is -2.14. The lowest BCUT2D eigenvalue weighted by molar-refractivity contribution is 0.521. The van der Waals surface area contributed by atoms with Crippen molar-refractivity contribution in [1.82, 2.24) is 4.90 Å². The van der Waals surface area contributed by atoms with Gasteiger partial charge in [-0.15, -0.1) is 0 Å². The smallest absolute Gasteiger partial charge is 0.0276 e. The maximum absolute atomic E-state index is 2.16. The molecule has 0 amide bonds. The fraction of sp³-hybridized carbons (Fsp3) is 0.300. The van der Waals surface area contributed by atoms with Gasteiger partial charge in [0, 0.05) is 18.9 Å². The lowest BCUT2D eigenvalue weighted by Gasteiger charge is -2.16. The van der Waals surface area contributed by atoms with Gasteiger partial charge in [-0.05, 0) is 18.1 Å². The van der Waals surface area contributed by atoms with Crippen LogP contribution in [0.3, 0.4) is 0 Å². The average molecular weight is 148 g/mol. The van der Waals surface area contributed by atoms with Crippen LogP contribution in [-0.4, -0.2) is 11.4 Å². The summed E-state index contributed by atoms with van der Waals surface area (Å²) in [5, 5.41) is 0. The molecule has 0 unspecified atom stereocenters. The third kappa shape index (κ3) is 3.08. The molecule has 1 rings (SSSR count). The fourth-order valence-electron chi connectivity index (χ4n) is 0.969. The molecule has 1 aliphatic rings. The Morgan fingerprint density at radius 2 is 1.55 bits per heavy atom. The van der Waals surface area contributed by atoms with Gasteiger partial charge in [-0.3, -0.25) is 0 Å². The molecule has 0 aromatic rings. The van der Waals surface area contributed by atoms with Gasteiger partial charge < -0.3 is 4.90 Å². The van der Waals surface area contributed by atoms with Crippen LogP contribution >= 0.6 is 0 Å². The van der Waals surface area contributed by atoms with Crippen molar-refractivity contribution in [3.63, 3.8) is 0 Å². The Morgan fingerprint density at radius 1 is 1.00 bits per heavy atom. The average Bonchev–Trinajstić information content (AvgIpc) is 2.14. The number of hydrogen-bond donors (Lipinski definition) is 0. The molecular weight excluding hydrogens is 134 g/mol. The molecule has 0 aromatic heterocycles. The predicted octanol–water partition coefficient (Wildman–Crippen LogP) is 2.50. The minimum Gasteiger partial charge on any atom is -0.354 e. The van der Waals surface area contributed by atoms with Crippen molar-refractivity contribution in [3.05, 3.63) is 42.6 Å². The fourth-order valence-corrected chi connectivity index (χ4v) is 0.969. The first-order valence-corrected chi connectivity index (χ1v) is 3.85. The van der Waals surface area contributed by atoms with E-state index in [1.165, 1.54) is 5.92 Å². The van der Waals surface area contributed by atoms with Crippen molar-refractivity contribution in [2.24, 2.45) is 0 Å². The SMILES string of the molecule is C[C](C)CN1C=CC=CC=C1. The molecule has 59 valence electrons. The van der Waals surface area contributed by atoms with E-state index in [-0.39, 0.29) is 0 Å². The van der Waals surface area contributed by atoms with Crippen LogP contribution in [0.1, 0.15) is 13.8 Å². The Balaban J connectivity index is 2.46. The van der Waals surface area contributed by atoms with E-state index in [4.69, 9.17) is 0 Å². The van der Waals surface area contributed by atoms with E-state index < -0.39 is 0 Å². The number of allylic oxidation sites excluding steroid dienone is 4. The van der Waals surface area contributed by atoms with E-state index in [1.807, 2.05) is 24.3 Å². The third-order valence-corrected chi connectivity index (χ3v) is 1.39. The summed E-state index contributed by atoms with van der Waals surface area (Å²) in [5.41, 5.74) is 0. The van der Waals surface area contributed by atoms with Crippen molar-refractivity contribution in [2.45, 2.75) is 13.8 Å². The third-order valence-electron chi connectivity index (χ3n) is 1.39. The molecule has 0 atom stereocenters. The van der Waals surface area contributed by atoms with Crippen LogP contribution in [0.15, 0.2) is 36.7 Å². The second-order valence-electron chi connectivity index (χ2n) is 2.95. The van der Waals surface area contributed by atoms with Crippen LogP contribution in [0.5, 0.6) is 0 Å². The summed E-state index contributed by atoms with van der Waals surface area (Å²) in [5.74, 6) is 1.42. The van der Waals surface area contributed by atoms with Crippen LogP contribution in [-0.2, 0) is 0 Å². The van der Waals surface area contributed by atoms with Crippen molar-refractivity contribution in [2.75, 3.05) is 6.54 Å². The van der Waals surface area contributed by atoms with E-state index >= 15 is 0 Å². The highest BCUT2D eigenvalue weighted by Gasteiger charge is 1.98. The van der Waals surface area contributed by atoms with E-state index in [2.05, 4.69) is 31.1 Å². The second kappa shape index (κ2) is 4.02. The molecule has 1 nitrogen and oxygen atoms in total. The van der Waals surface area contributed by atoms with Crippen LogP contribution in [0.2, 0.25) is 0 Å². The van der Waals surface area contributed by atoms with Crippen LogP contribution in [0.25, 0.3) is 0 Å². The Kier molecular flexibility index (Phi) is 2.96. The standard InChI is InChI=1S/C10H14N/c1-10(2)9-11-7-5-3-4-6-8-11/h3-8H,9H2,1-2H3.